The van der Waals surface area contributed by atoms with Gasteiger partial charge in [0.2, 0.25) is 0 Å². The number of ether oxygens (including phenoxy) is 1. The van der Waals surface area contributed by atoms with Crippen molar-refractivity contribution >= 4 is 22.3 Å². The predicted molar refractivity (Wildman–Crippen MR) is 114 cm³/mol. The minimum atomic E-state index is -4.51. The van der Waals surface area contributed by atoms with Crippen molar-refractivity contribution < 1.29 is 22.3 Å². The van der Waals surface area contributed by atoms with Crippen LogP contribution in [0.15, 0.2) is 29.2 Å². The predicted octanol–water partition coefficient (Wildman–Crippen LogP) is 4.44. The average molecular weight is 450 g/mol. The Balaban J connectivity index is 1.61. The van der Waals surface area contributed by atoms with E-state index in [2.05, 4.69) is 10.3 Å². The van der Waals surface area contributed by atoms with Crippen molar-refractivity contribution in [1.29, 1.82) is 0 Å². The molecule has 0 saturated carbocycles. The Morgan fingerprint density at radius 1 is 1.34 bits per heavy atom. The molecule has 0 saturated heterocycles. The first-order valence-corrected chi connectivity index (χ1v) is 10.2. The maximum Gasteiger partial charge on any atom is 0.433 e. The molecule has 3 N–H and O–H groups in total. The second-order valence-electron chi connectivity index (χ2n) is 7.91. The van der Waals surface area contributed by atoms with Gasteiger partial charge < -0.3 is 20.4 Å². The standard InChI is InChI=1S/C22H22F4N4O2/c1-11-9-30-12(2)10-32-21-18(16(23)17(27)15(19(21)30)20(11)31)28-8-4-6-13-5-3-7-14(29-13)22(24,25)26/h3,5,7,9,12,28H,4,6,8,10,27H2,1-2H3. The largest absolute Gasteiger partial charge is 0.487 e. The van der Waals surface area contributed by atoms with E-state index in [9.17, 15) is 18.0 Å². The van der Waals surface area contributed by atoms with E-state index < -0.39 is 17.7 Å². The molecule has 0 aliphatic carbocycles. The van der Waals surface area contributed by atoms with Gasteiger partial charge in [-0.2, -0.15) is 13.2 Å². The Bertz CT molecular complexity index is 1250. The highest BCUT2D eigenvalue weighted by Crippen LogP contribution is 2.43. The van der Waals surface area contributed by atoms with Crippen LogP contribution in [-0.4, -0.2) is 22.7 Å². The number of nitrogens with zero attached hydrogens (tertiary/aromatic N) is 2. The van der Waals surface area contributed by atoms with E-state index >= 15 is 4.39 Å². The third kappa shape index (κ3) is 3.74. The molecule has 1 aliphatic heterocycles. The molecular formula is C22H22F4N4O2. The van der Waals surface area contributed by atoms with Gasteiger partial charge in [0.05, 0.1) is 22.6 Å². The summed E-state index contributed by atoms with van der Waals surface area (Å²) < 4.78 is 61.2. The summed E-state index contributed by atoms with van der Waals surface area (Å²) in [6.45, 7) is 4.10. The third-order valence-corrected chi connectivity index (χ3v) is 5.53. The molecule has 1 aliphatic rings. The van der Waals surface area contributed by atoms with Crippen molar-refractivity contribution in [3.8, 4) is 5.75 Å². The number of rotatable bonds is 5. The van der Waals surface area contributed by atoms with E-state index in [1.807, 2.05) is 11.5 Å². The topological polar surface area (TPSA) is 82.2 Å². The van der Waals surface area contributed by atoms with E-state index in [0.29, 0.717) is 17.5 Å². The first-order chi connectivity index (χ1) is 15.1. The zero-order valence-electron chi connectivity index (χ0n) is 17.5. The van der Waals surface area contributed by atoms with Gasteiger partial charge in [0.1, 0.15) is 18.0 Å². The number of hydrogen-bond acceptors (Lipinski definition) is 5. The molecule has 6 nitrogen and oxygen atoms in total. The number of alkyl halides is 3. The Morgan fingerprint density at radius 3 is 2.81 bits per heavy atom. The van der Waals surface area contributed by atoms with Crippen LogP contribution >= 0.6 is 0 Å². The fourth-order valence-corrected chi connectivity index (χ4v) is 3.90. The summed E-state index contributed by atoms with van der Waals surface area (Å²) in [5.41, 5.74) is 5.66. The van der Waals surface area contributed by atoms with Crippen LogP contribution in [0.4, 0.5) is 28.9 Å². The second-order valence-corrected chi connectivity index (χ2v) is 7.91. The van der Waals surface area contributed by atoms with E-state index in [4.69, 9.17) is 10.5 Å². The number of benzene rings is 1. The Morgan fingerprint density at radius 2 is 2.09 bits per heavy atom. The Hall–Kier alpha value is -3.30. The molecule has 4 rings (SSSR count). The molecule has 32 heavy (non-hydrogen) atoms. The number of hydrogen-bond donors (Lipinski definition) is 2. The quantitative estimate of drug-likeness (QED) is 0.341. The summed E-state index contributed by atoms with van der Waals surface area (Å²) >= 11 is 0. The van der Waals surface area contributed by atoms with Crippen molar-refractivity contribution in [2.75, 3.05) is 24.2 Å². The van der Waals surface area contributed by atoms with Gasteiger partial charge in [-0.25, -0.2) is 9.37 Å². The molecule has 0 amide bonds. The fourth-order valence-electron chi connectivity index (χ4n) is 3.90. The zero-order chi connectivity index (χ0) is 23.2. The maximum atomic E-state index is 15.1. The van der Waals surface area contributed by atoms with E-state index in [1.165, 1.54) is 12.1 Å². The van der Waals surface area contributed by atoms with Crippen LogP contribution in [0.5, 0.6) is 5.75 Å². The molecule has 3 heterocycles. The number of nitrogen functional groups attached to an aromatic ring is 1. The molecule has 1 aromatic carbocycles. The van der Waals surface area contributed by atoms with Crippen LogP contribution in [0, 0.1) is 12.7 Å². The van der Waals surface area contributed by atoms with E-state index in [1.54, 1.807) is 13.1 Å². The van der Waals surface area contributed by atoms with Crippen molar-refractivity contribution in [2.45, 2.75) is 38.9 Å². The Kier molecular flexibility index (Phi) is 5.47. The highest BCUT2D eigenvalue weighted by atomic mass is 19.4. The summed E-state index contributed by atoms with van der Waals surface area (Å²) in [7, 11) is 0. The van der Waals surface area contributed by atoms with Crippen LogP contribution in [0.1, 0.15) is 36.3 Å². The van der Waals surface area contributed by atoms with Crippen LogP contribution in [-0.2, 0) is 12.6 Å². The van der Waals surface area contributed by atoms with E-state index in [0.717, 1.165) is 6.07 Å². The minimum Gasteiger partial charge on any atom is -0.487 e. The molecule has 3 aromatic rings. The number of pyridine rings is 2. The summed E-state index contributed by atoms with van der Waals surface area (Å²) in [6, 6.07) is 3.66. The lowest BCUT2D eigenvalue weighted by molar-refractivity contribution is -0.141. The minimum absolute atomic E-state index is 0.0379. The maximum absolute atomic E-state index is 15.1. The average Bonchev–Trinajstić information content (AvgIpc) is 2.74. The normalized spacial score (nSPS) is 15.6. The summed E-state index contributed by atoms with van der Waals surface area (Å²) in [5, 5.41) is 3.03. The highest BCUT2D eigenvalue weighted by molar-refractivity contribution is 6.00. The number of halogens is 4. The molecule has 0 bridgehead atoms. The van der Waals surface area contributed by atoms with Gasteiger partial charge in [-0.3, -0.25) is 4.79 Å². The smallest absolute Gasteiger partial charge is 0.433 e. The van der Waals surface area contributed by atoms with Crippen LogP contribution < -0.4 is 21.2 Å². The first-order valence-electron chi connectivity index (χ1n) is 10.2. The first kappa shape index (κ1) is 21.9. The summed E-state index contributed by atoms with van der Waals surface area (Å²) in [6.07, 6.45) is -2.14. The lowest BCUT2D eigenvalue weighted by Crippen LogP contribution is -2.26. The number of nitrogens with one attached hydrogen (secondary N) is 1. The van der Waals surface area contributed by atoms with Crippen molar-refractivity contribution in [3.63, 3.8) is 0 Å². The van der Waals surface area contributed by atoms with Crippen molar-refractivity contribution in [1.82, 2.24) is 9.55 Å². The van der Waals surface area contributed by atoms with Gasteiger partial charge in [0, 0.05) is 24.0 Å². The second kappa shape index (κ2) is 7.99. The van der Waals surface area contributed by atoms with Gasteiger partial charge >= 0.3 is 6.18 Å². The third-order valence-electron chi connectivity index (χ3n) is 5.53. The zero-order valence-corrected chi connectivity index (χ0v) is 17.5. The number of aromatic nitrogens is 2. The van der Waals surface area contributed by atoms with Gasteiger partial charge in [0.15, 0.2) is 17.0 Å². The van der Waals surface area contributed by atoms with Gasteiger partial charge in [-0.05, 0) is 38.8 Å². The molecule has 170 valence electrons. The molecule has 0 radical (unpaired) electrons. The van der Waals surface area contributed by atoms with Gasteiger partial charge in [0.25, 0.3) is 0 Å². The molecule has 0 fully saturated rings. The van der Waals surface area contributed by atoms with E-state index in [-0.39, 0.29) is 59.2 Å². The molecule has 0 spiro atoms. The Labute approximate surface area is 181 Å². The van der Waals surface area contributed by atoms with Crippen LogP contribution in [0.25, 0.3) is 10.9 Å². The highest BCUT2D eigenvalue weighted by Gasteiger charge is 2.32. The molecule has 1 unspecified atom stereocenters. The van der Waals surface area contributed by atoms with Crippen LogP contribution in [0.3, 0.4) is 0 Å². The van der Waals surface area contributed by atoms with Crippen molar-refractivity contribution in [2.24, 2.45) is 0 Å². The van der Waals surface area contributed by atoms with Crippen LogP contribution in [0.2, 0.25) is 0 Å². The number of aryl methyl sites for hydroxylation is 2. The summed E-state index contributed by atoms with van der Waals surface area (Å²) in [4.78, 5) is 16.3. The fraction of sp³-hybridized carbons (Fsp3) is 0.364. The lowest BCUT2D eigenvalue weighted by atomic mass is 10.0. The molecule has 1 atom stereocenters. The molecular weight excluding hydrogens is 428 g/mol. The monoisotopic (exact) mass is 450 g/mol. The SMILES string of the molecule is Cc1cn2c3c(c(NCCCc4cccc(C(F)(F)F)n4)c(F)c(N)c3c1=O)OCC2C. The molecule has 2 aromatic heterocycles. The number of nitrogens with two attached hydrogens (primary N) is 1. The lowest BCUT2D eigenvalue weighted by Gasteiger charge is -2.29. The van der Waals surface area contributed by atoms with Crippen molar-refractivity contribution in [3.05, 3.63) is 57.4 Å². The van der Waals surface area contributed by atoms with Gasteiger partial charge in [-0.15, -0.1) is 0 Å². The summed E-state index contributed by atoms with van der Waals surface area (Å²) in [5.74, 6) is -0.576. The number of anilines is 2. The van der Waals surface area contributed by atoms with Gasteiger partial charge in [-0.1, -0.05) is 6.07 Å². The molecule has 10 heteroatoms.